The van der Waals surface area contributed by atoms with E-state index >= 15 is 0 Å². The van der Waals surface area contributed by atoms with Gasteiger partial charge < -0.3 is 10.4 Å². The Hall–Kier alpha value is 0.0700. The highest BCUT2D eigenvalue weighted by Crippen LogP contribution is 2.10. The lowest BCUT2D eigenvalue weighted by Crippen LogP contribution is -2.38. The maximum absolute atomic E-state index is 11.1. The summed E-state index contributed by atoms with van der Waals surface area (Å²) in [6.07, 6.45) is 2.95. The van der Waals surface area contributed by atoms with Gasteiger partial charge in [-0.25, -0.2) is 0 Å². The summed E-state index contributed by atoms with van der Waals surface area (Å²) < 4.78 is 11.1. The fourth-order valence-electron chi connectivity index (χ4n) is 1.69. The summed E-state index contributed by atoms with van der Waals surface area (Å²) in [5, 5.41) is 12.2. The molecule has 0 spiro atoms. The molecule has 0 aromatic carbocycles. The smallest absolute Gasteiger partial charge is 0.0434 e. The first kappa shape index (κ1) is 12.1. The molecule has 1 saturated heterocycles. The normalized spacial score (nSPS) is 30.1. The van der Waals surface area contributed by atoms with Crippen LogP contribution in [0.2, 0.25) is 0 Å². The van der Waals surface area contributed by atoms with Crippen LogP contribution in [0.15, 0.2) is 0 Å². The SMILES string of the molecule is CC(CCO)CNC1CCS(=O)CC1. The number of aliphatic hydroxyl groups is 1. The summed E-state index contributed by atoms with van der Waals surface area (Å²) in [7, 11) is -0.559. The lowest BCUT2D eigenvalue weighted by atomic mass is 10.1. The van der Waals surface area contributed by atoms with Crippen LogP contribution in [0.4, 0.5) is 0 Å². The fraction of sp³-hybridized carbons (Fsp3) is 1.00. The van der Waals surface area contributed by atoms with Crippen LogP contribution >= 0.6 is 0 Å². The van der Waals surface area contributed by atoms with Gasteiger partial charge in [-0.1, -0.05) is 6.92 Å². The molecule has 84 valence electrons. The minimum atomic E-state index is -0.559. The zero-order chi connectivity index (χ0) is 10.4. The van der Waals surface area contributed by atoms with E-state index in [0.717, 1.165) is 37.3 Å². The lowest BCUT2D eigenvalue weighted by molar-refractivity contribution is 0.257. The first-order valence-electron chi connectivity index (χ1n) is 5.41. The Morgan fingerprint density at radius 3 is 2.71 bits per heavy atom. The van der Waals surface area contributed by atoms with Crippen LogP contribution in [0, 0.1) is 5.92 Å². The molecule has 1 heterocycles. The van der Waals surface area contributed by atoms with Gasteiger partial charge in [-0.3, -0.25) is 4.21 Å². The monoisotopic (exact) mass is 219 g/mol. The number of nitrogens with one attached hydrogen (secondary N) is 1. The van der Waals surface area contributed by atoms with E-state index < -0.39 is 10.8 Å². The van der Waals surface area contributed by atoms with Crippen molar-refractivity contribution in [3.8, 4) is 0 Å². The molecule has 4 heteroatoms. The van der Waals surface area contributed by atoms with Crippen molar-refractivity contribution in [2.75, 3.05) is 24.7 Å². The summed E-state index contributed by atoms with van der Waals surface area (Å²) in [6, 6.07) is 0.550. The van der Waals surface area contributed by atoms with Crippen molar-refractivity contribution in [1.82, 2.24) is 5.32 Å². The molecular formula is C10H21NO2S. The maximum atomic E-state index is 11.1. The molecule has 1 aliphatic heterocycles. The van der Waals surface area contributed by atoms with Crippen molar-refractivity contribution in [1.29, 1.82) is 0 Å². The predicted molar refractivity (Wildman–Crippen MR) is 59.8 cm³/mol. The molecule has 3 nitrogen and oxygen atoms in total. The van der Waals surface area contributed by atoms with Crippen molar-refractivity contribution >= 4 is 10.8 Å². The highest BCUT2D eigenvalue weighted by Gasteiger charge is 2.17. The molecular weight excluding hydrogens is 198 g/mol. The topological polar surface area (TPSA) is 49.3 Å². The summed E-state index contributed by atoms with van der Waals surface area (Å²) >= 11 is 0. The molecule has 14 heavy (non-hydrogen) atoms. The van der Waals surface area contributed by atoms with Gasteiger partial charge in [0, 0.05) is 35.0 Å². The van der Waals surface area contributed by atoms with Crippen LogP contribution in [0.1, 0.15) is 26.2 Å². The Labute approximate surface area is 88.7 Å². The largest absolute Gasteiger partial charge is 0.396 e. The standard InChI is InChI=1S/C10H21NO2S/c1-9(2-5-12)8-11-10-3-6-14(13)7-4-10/h9-12H,2-8H2,1H3. The van der Waals surface area contributed by atoms with Crippen LogP contribution < -0.4 is 5.32 Å². The second-order valence-corrected chi connectivity index (χ2v) is 5.84. The summed E-state index contributed by atoms with van der Waals surface area (Å²) in [5.41, 5.74) is 0. The zero-order valence-corrected chi connectivity index (χ0v) is 9.68. The van der Waals surface area contributed by atoms with E-state index in [0.29, 0.717) is 12.0 Å². The van der Waals surface area contributed by atoms with Gasteiger partial charge in [0.05, 0.1) is 0 Å². The van der Waals surface area contributed by atoms with Crippen LogP contribution in [0.3, 0.4) is 0 Å². The summed E-state index contributed by atoms with van der Waals surface area (Å²) in [6.45, 7) is 3.39. The average Bonchev–Trinajstić information content (AvgIpc) is 2.17. The van der Waals surface area contributed by atoms with E-state index in [-0.39, 0.29) is 6.61 Å². The van der Waals surface area contributed by atoms with Crippen molar-refractivity contribution < 1.29 is 9.32 Å². The Morgan fingerprint density at radius 2 is 2.14 bits per heavy atom. The van der Waals surface area contributed by atoms with Gasteiger partial charge in [-0.05, 0) is 31.7 Å². The van der Waals surface area contributed by atoms with Crippen molar-refractivity contribution in [2.24, 2.45) is 5.92 Å². The van der Waals surface area contributed by atoms with E-state index in [2.05, 4.69) is 12.2 Å². The molecule has 1 rings (SSSR count). The molecule has 0 aliphatic carbocycles. The third kappa shape index (κ3) is 4.53. The van der Waals surface area contributed by atoms with Crippen molar-refractivity contribution in [2.45, 2.75) is 32.2 Å². The average molecular weight is 219 g/mol. The number of rotatable bonds is 5. The number of hydrogen-bond donors (Lipinski definition) is 2. The molecule has 2 N–H and O–H groups in total. The summed E-state index contributed by atoms with van der Waals surface area (Å²) in [5.74, 6) is 2.24. The fourth-order valence-corrected chi connectivity index (χ4v) is 2.99. The van der Waals surface area contributed by atoms with Gasteiger partial charge in [-0.2, -0.15) is 0 Å². The van der Waals surface area contributed by atoms with Crippen LogP contribution in [-0.4, -0.2) is 40.0 Å². The second-order valence-electron chi connectivity index (χ2n) is 4.15. The van der Waals surface area contributed by atoms with E-state index in [1.54, 1.807) is 0 Å². The van der Waals surface area contributed by atoms with Gasteiger partial charge in [0.15, 0.2) is 0 Å². The Morgan fingerprint density at radius 1 is 1.50 bits per heavy atom. The van der Waals surface area contributed by atoms with E-state index in [4.69, 9.17) is 5.11 Å². The molecule has 0 saturated carbocycles. The van der Waals surface area contributed by atoms with Gasteiger partial charge >= 0.3 is 0 Å². The Bertz CT molecular complexity index is 177. The Kier molecular flexibility index (Phi) is 5.67. The minimum Gasteiger partial charge on any atom is -0.396 e. The number of aliphatic hydroxyl groups excluding tert-OH is 1. The maximum Gasteiger partial charge on any atom is 0.0434 e. The highest BCUT2D eigenvalue weighted by molar-refractivity contribution is 7.85. The zero-order valence-electron chi connectivity index (χ0n) is 8.87. The molecule has 0 radical (unpaired) electrons. The minimum absolute atomic E-state index is 0.275. The van der Waals surface area contributed by atoms with E-state index in [1.165, 1.54) is 0 Å². The van der Waals surface area contributed by atoms with Gasteiger partial charge in [0.25, 0.3) is 0 Å². The van der Waals surface area contributed by atoms with Crippen LogP contribution in [0.25, 0.3) is 0 Å². The second kappa shape index (κ2) is 6.53. The van der Waals surface area contributed by atoms with Gasteiger partial charge in [0.1, 0.15) is 0 Å². The molecule has 0 aromatic heterocycles. The highest BCUT2D eigenvalue weighted by atomic mass is 32.2. The van der Waals surface area contributed by atoms with Crippen LogP contribution in [0.5, 0.6) is 0 Å². The van der Waals surface area contributed by atoms with Crippen molar-refractivity contribution in [3.63, 3.8) is 0 Å². The van der Waals surface area contributed by atoms with Gasteiger partial charge in [-0.15, -0.1) is 0 Å². The van der Waals surface area contributed by atoms with E-state index in [1.807, 2.05) is 0 Å². The third-order valence-electron chi connectivity index (χ3n) is 2.76. The molecule has 0 amide bonds. The molecule has 1 atom stereocenters. The third-order valence-corrected chi connectivity index (χ3v) is 4.15. The lowest BCUT2D eigenvalue weighted by Gasteiger charge is -2.24. The quantitative estimate of drug-likeness (QED) is 0.708. The van der Waals surface area contributed by atoms with Gasteiger partial charge in [0.2, 0.25) is 0 Å². The molecule has 1 unspecified atom stereocenters. The molecule has 0 bridgehead atoms. The molecule has 0 aromatic rings. The Balaban J connectivity index is 2.09. The van der Waals surface area contributed by atoms with Crippen molar-refractivity contribution in [3.05, 3.63) is 0 Å². The molecule has 1 aliphatic rings. The predicted octanol–water partition coefficient (Wildman–Crippen LogP) is 0.506. The number of hydrogen-bond acceptors (Lipinski definition) is 3. The first-order chi connectivity index (χ1) is 6.72. The summed E-state index contributed by atoms with van der Waals surface area (Å²) in [4.78, 5) is 0. The van der Waals surface area contributed by atoms with E-state index in [9.17, 15) is 4.21 Å². The molecule has 1 fully saturated rings. The first-order valence-corrected chi connectivity index (χ1v) is 6.90. The van der Waals surface area contributed by atoms with Crippen LogP contribution in [-0.2, 0) is 10.8 Å².